The first-order valence-corrected chi connectivity index (χ1v) is 12.6. The number of rotatable bonds is 3. The highest BCUT2D eigenvalue weighted by atomic mass is 32.2. The van der Waals surface area contributed by atoms with Gasteiger partial charge in [0.1, 0.15) is 22.8 Å². The van der Waals surface area contributed by atoms with Crippen molar-refractivity contribution in [1.82, 2.24) is 9.55 Å². The molecule has 5 rings (SSSR count). The fraction of sp³-hybridized carbons (Fsp3) is 0.167. The summed E-state index contributed by atoms with van der Waals surface area (Å²) in [6.07, 6.45) is 4.36. The molecule has 2 aromatic carbocycles. The van der Waals surface area contributed by atoms with E-state index < -0.39 is 33.2 Å². The number of aryl methyl sites for hydroxylation is 1. The number of sulfone groups is 1. The van der Waals surface area contributed by atoms with Crippen molar-refractivity contribution < 1.29 is 22.0 Å². The Bertz CT molecular complexity index is 1670. The van der Waals surface area contributed by atoms with Crippen LogP contribution < -0.4 is 15.8 Å². The van der Waals surface area contributed by atoms with E-state index in [2.05, 4.69) is 10.3 Å². The number of carbonyl (C=O) groups is 1. The third kappa shape index (κ3) is 3.97. The average molecular weight is 499 g/mol. The molecule has 35 heavy (non-hydrogen) atoms. The Labute approximate surface area is 198 Å². The van der Waals surface area contributed by atoms with Gasteiger partial charge in [-0.2, -0.15) is 0 Å². The number of para-hydroxylation sites is 1. The maximum atomic E-state index is 14.2. The number of nitrogens with one attached hydrogen (secondary N) is 2. The van der Waals surface area contributed by atoms with Crippen LogP contribution in [0.3, 0.4) is 0 Å². The average Bonchev–Trinajstić information content (AvgIpc) is 3.14. The van der Waals surface area contributed by atoms with E-state index in [9.17, 15) is 26.8 Å². The van der Waals surface area contributed by atoms with Crippen LogP contribution in [0.4, 0.5) is 25.0 Å². The third-order valence-corrected chi connectivity index (χ3v) is 6.78. The number of carbonyl (C=O) groups excluding carboxylic acids is 1. The SMILES string of the molecule is Cn1cc2c3c(c[nH]c3c1=O)CN(C(=O)Nc1c(F)cccc1F)c1ccc(CS(C)(=O)=O)cc1-2. The number of amides is 2. The van der Waals surface area contributed by atoms with E-state index in [-0.39, 0.29) is 17.9 Å². The molecular formula is C24H20F2N4O4S. The van der Waals surface area contributed by atoms with Gasteiger partial charge in [-0.05, 0) is 35.4 Å². The zero-order chi connectivity index (χ0) is 25.1. The van der Waals surface area contributed by atoms with Gasteiger partial charge >= 0.3 is 6.03 Å². The number of aromatic amines is 1. The first kappa shape index (κ1) is 22.8. The van der Waals surface area contributed by atoms with Gasteiger partial charge in [0, 0.05) is 42.2 Å². The van der Waals surface area contributed by atoms with E-state index in [1.807, 2.05) is 0 Å². The van der Waals surface area contributed by atoms with Gasteiger partial charge in [-0.15, -0.1) is 0 Å². The number of urea groups is 1. The summed E-state index contributed by atoms with van der Waals surface area (Å²) in [4.78, 5) is 30.3. The van der Waals surface area contributed by atoms with Crippen molar-refractivity contribution in [2.45, 2.75) is 12.3 Å². The lowest BCUT2D eigenvalue weighted by molar-refractivity contribution is 0.256. The van der Waals surface area contributed by atoms with E-state index >= 15 is 0 Å². The predicted molar refractivity (Wildman–Crippen MR) is 129 cm³/mol. The number of H-pyrrole nitrogens is 1. The molecule has 8 nitrogen and oxygen atoms in total. The minimum atomic E-state index is -3.35. The van der Waals surface area contributed by atoms with E-state index in [0.717, 1.165) is 18.4 Å². The standard InChI is InChI=1S/C24H20F2N4O4S/c1-29-11-16-15-8-13(12-35(2,33)34)6-7-19(15)30(10-14-9-27-22(20(14)16)23(29)31)24(32)28-21-17(25)4-3-5-18(21)26/h3-9,11,27H,10,12H2,1-2H3,(H,28,32). The number of pyridine rings is 1. The summed E-state index contributed by atoms with van der Waals surface area (Å²) in [5, 5.41) is 2.90. The molecule has 0 unspecified atom stereocenters. The van der Waals surface area contributed by atoms with Crippen LogP contribution in [0.15, 0.2) is 53.6 Å². The molecule has 0 fully saturated rings. The van der Waals surface area contributed by atoms with Gasteiger partial charge in [0.25, 0.3) is 5.56 Å². The van der Waals surface area contributed by atoms with Gasteiger partial charge in [-0.25, -0.2) is 22.0 Å². The van der Waals surface area contributed by atoms with Gasteiger partial charge < -0.3 is 14.9 Å². The van der Waals surface area contributed by atoms with Crippen LogP contribution in [0.5, 0.6) is 0 Å². The van der Waals surface area contributed by atoms with Gasteiger partial charge in [0.2, 0.25) is 0 Å². The second-order valence-electron chi connectivity index (χ2n) is 8.56. The molecule has 0 aliphatic carbocycles. The fourth-order valence-electron chi connectivity index (χ4n) is 4.42. The fourth-order valence-corrected chi connectivity index (χ4v) is 5.20. The lowest BCUT2D eigenvalue weighted by Crippen LogP contribution is -2.35. The molecule has 0 spiro atoms. The summed E-state index contributed by atoms with van der Waals surface area (Å²) in [6, 6.07) is 7.31. The summed E-state index contributed by atoms with van der Waals surface area (Å²) in [5.74, 6) is -2.07. The van der Waals surface area contributed by atoms with Crippen molar-refractivity contribution in [1.29, 1.82) is 0 Å². The Balaban J connectivity index is 1.71. The molecule has 0 atom stereocenters. The summed E-state index contributed by atoms with van der Waals surface area (Å²) in [6.45, 7) is 0.000492. The van der Waals surface area contributed by atoms with Gasteiger partial charge in [0.15, 0.2) is 9.84 Å². The minimum Gasteiger partial charge on any atom is -0.356 e. The van der Waals surface area contributed by atoms with E-state index in [1.54, 1.807) is 37.6 Å². The van der Waals surface area contributed by atoms with Gasteiger partial charge in [-0.1, -0.05) is 12.1 Å². The van der Waals surface area contributed by atoms with Crippen LogP contribution in [0.1, 0.15) is 11.1 Å². The number of anilines is 2. The molecule has 0 radical (unpaired) electrons. The molecule has 0 bridgehead atoms. The molecule has 2 amide bonds. The Morgan fingerprint density at radius 2 is 1.86 bits per heavy atom. The summed E-state index contributed by atoms with van der Waals surface area (Å²) in [5.41, 5.74) is 2.13. The molecule has 2 aromatic heterocycles. The second kappa shape index (κ2) is 8.05. The van der Waals surface area contributed by atoms with E-state index in [0.29, 0.717) is 38.8 Å². The minimum absolute atomic E-state index is 0.000492. The highest BCUT2D eigenvalue weighted by Gasteiger charge is 2.29. The van der Waals surface area contributed by atoms with Gasteiger partial charge in [0.05, 0.1) is 18.0 Å². The third-order valence-electron chi connectivity index (χ3n) is 5.93. The topological polar surface area (TPSA) is 104 Å². The molecule has 4 aromatic rings. The first-order valence-electron chi connectivity index (χ1n) is 10.6. The maximum Gasteiger partial charge on any atom is 0.326 e. The zero-order valence-corrected chi connectivity index (χ0v) is 19.5. The van der Waals surface area contributed by atoms with Crippen LogP contribution in [-0.4, -0.2) is 30.3 Å². The summed E-state index contributed by atoms with van der Waals surface area (Å²) >= 11 is 0. The molecule has 1 aliphatic heterocycles. The van der Waals surface area contributed by atoms with Crippen molar-refractivity contribution >= 4 is 38.1 Å². The number of aromatic nitrogens is 2. The Morgan fingerprint density at radius 3 is 2.54 bits per heavy atom. The number of benzene rings is 2. The molecule has 11 heteroatoms. The van der Waals surface area contributed by atoms with Gasteiger partial charge in [-0.3, -0.25) is 9.69 Å². The molecule has 2 N–H and O–H groups in total. The first-order chi connectivity index (χ1) is 16.5. The second-order valence-corrected chi connectivity index (χ2v) is 10.7. The van der Waals surface area contributed by atoms with Crippen LogP contribution in [0.2, 0.25) is 0 Å². The van der Waals surface area contributed by atoms with E-state index in [1.165, 1.54) is 15.5 Å². The van der Waals surface area contributed by atoms with Crippen molar-refractivity contribution in [3.05, 3.63) is 81.9 Å². The number of nitrogens with zero attached hydrogens (tertiary/aromatic N) is 2. The van der Waals surface area contributed by atoms with Crippen molar-refractivity contribution in [3.63, 3.8) is 0 Å². The summed E-state index contributed by atoms with van der Waals surface area (Å²) in [7, 11) is -1.75. The highest BCUT2D eigenvalue weighted by Crippen LogP contribution is 2.41. The number of hydrogen-bond donors (Lipinski definition) is 2. The monoisotopic (exact) mass is 498 g/mol. The van der Waals surface area contributed by atoms with Crippen LogP contribution in [0, 0.1) is 11.6 Å². The Hall–Kier alpha value is -3.99. The Morgan fingerprint density at radius 1 is 1.14 bits per heavy atom. The molecule has 0 saturated carbocycles. The highest BCUT2D eigenvalue weighted by molar-refractivity contribution is 7.89. The van der Waals surface area contributed by atoms with Crippen molar-refractivity contribution in [3.8, 4) is 11.1 Å². The van der Waals surface area contributed by atoms with Crippen molar-refractivity contribution in [2.24, 2.45) is 7.05 Å². The van der Waals surface area contributed by atoms with Crippen molar-refractivity contribution in [2.75, 3.05) is 16.5 Å². The Kier molecular flexibility index (Phi) is 5.24. The van der Waals surface area contributed by atoms with Crippen LogP contribution in [0.25, 0.3) is 22.0 Å². The van der Waals surface area contributed by atoms with Crippen LogP contribution in [-0.2, 0) is 29.2 Å². The maximum absolute atomic E-state index is 14.2. The number of fused-ring (bicyclic) bond motifs is 2. The molecular weight excluding hydrogens is 478 g/mol. The molecule has 0 saturated heterocycles. The van der Waals surface area contributed by atoms with E-state index in [4.69, 9.17) is 0 Å². The van der Waals surface area contributed by atoms with Crippen LogP contribution >= 0.6 is 0 Å². The lowest BCUT2D eigenvalue weighted by atomic mass is 9.99. The molecule has 180 valence electrons. The molecule has 1 aliphatic rings. The summed E-state index contributed by atoms with van der Waals surface area (Å²) < 4.78 is 53.7. The predicted octanol–water partition coefficient (Wildman–Crippen LogP) is 3.91. The lowest BCUT2D eigenvalue weighted by Gasteiger charge is -2.24. The zero-order valence-electron chi connectivity index (χ0n) is 18.7. The number of halogens is 2. The number of hydrogen-bond acceptors (Lipinski definition) is 4. The molecule has 3 heterocycles. The smallest absolute Gasteiger partial charge is 0.326 e. The largest absolute Gasteiger partial charge is 0.356 e. The normalized spacial score (nSPS) is 13.0. The quantitative estimate of drug-likeness (QED) is 0.447.